The Morgan fingerprint density at radius 2 is 1.84 bits per heavy atom. The Morgan fingerprint density at radius 1 is 1.26 bits per heavy atom. The molecule has 1 unspecified atom stereocenters. The van der Waals surface area contributed by atoms with E-state index >= 15 is 0 Å². The van der Waals surface area contributed by atoms with Gasteiger partial charge in [-0.1, -0.05) is 6.92 Å². The zero-order chi connectivity index (χ0) is 13.9. The van der Waals surface area contributed by atoms with Crippen LogP contribution in [0.5, 0.6) is 0 Å². The number of hydrogen-bond acceptors (Lipinski definition) is 4. The van der Waals surface area contributed by atoms with Crippen molar-refractivity contribution in [2.75, 3.05) is 39.3 Å². The lowest BCUT2D eigenvalue weighted by Gasteiger charge is -2.39. The van der Waals surface area contributed by atoms with E-state index in [1.165, 1.54) is 25.8 Å². The highest BCUT2D eigenvalue weighted by Crippen LogP contribution is 2.23. The fraction of sp³-hybridized carbons (Fsp3) is 0.929. The Morgan fingerprint density at radius 3 is 2.32 bits per heavy atom. The van der Waals surface area contributed by atoms with Gasteiger partial charge in [0.1, 0.15) is 5.54 Å². The third kappa shape index (κ3) is 4.16. The standard InChI is InChI=1S/C14H28N4O/c1-3-6-17-7-9-18(10-8-17)11-14(2,13(15)19)16-12-4-5-12/h12,16H,3-11H2,1-2H3,(H2,15,19). The number of carbonyl (C=O) groups is 1. The summed E-state index contributed by atoms with van der Waals surface area (Å²) in [5.41, 5.74) is 5.03. The van der Waals surface area contributed by atoms with Crippen molar-refractivity contribution in [1.29, 1.82) is 0 Å². The van der Waals surface area contributed by atoms with Crippen LogP contribution in [0.4, 0.5) is 0 Å². The molecular formula is C14H28N4O. The Hall–Kier alpha value is -0.650. The second kappa shape index (κ2) is 6.20. The maximum absolute atomic E-state index is 11.7. The zero-order valence-electron chi connectivity index (χ0n) is 12.3. The van der Waals surface area contributed by atoms with Gasteiger partial charge in [0.2, 0.25) is 5.91 Å². The van der Waals surface area contributed by atoms with E-state index in [4.69, 9.17) is 5.73 Å². The summed E-state index contributed by atoms with van der Waals surface area (Å²) in [4.78, 5) is 16.6. The van der Waals surface area contributed by atoms with E-state index in [1.54, 1.807) is 0 Å². The Kier molecular flexibility index (Phi) is 4.81. The largest absolute Gasteiger partial charge is 0.368 e. The first-order valence-corrected chi connectivity index (χ1v) is 7.56. The van der Waals surface area contributed by atoms with Gasteiger partial charge in [-0.05, 0) is 32.7 Å². The molecule has 1 amide bonds. The van der Waals surface area contributed by atoms with E-state index in [-0.39, 0.29) is 5.91 Å². The first-order valence-electron chi connectivity index (χ1n) is 7.56. The van der Waals surface area contributed by atoms with E-state index in [2.05, 4.69) is 22.0 Å². The van der Waals surface area contributed by atoms with Crippen molar-refractivity contribution in [3.8, 4) is 0 Å². The van der Waals surface area contributed by atoms with Gasteiger partial charge in [0, 0.05) is 38.8 Å². The van der Waals surface area contributed by atoms with Crippen molar-refractivity contribution in [3.05, 3.63) is 0 Å². The fourth-order valence-corrected chi connectivity index (χ4v) is 2.81. The van der Waals surface area contributed by atoms with Crippen molar-refractivity contribution in [2.24, 2.45) is 5.73 Å². The number of amides is 1. The molecule has 2 fully saturated rings. The Labute approximate surface area is 116 Å². The minimum absolute atomic E-state index is 0.226. The topological polar surface area (TPSA) is 61.6 Å². The number of primary amides is 1. The van der Waals surface area contributed by atoms with Gasteiger partial charge >= 0.3 is 0 Å². The second-order valence-electron chi connectivity index (χ2n) is 6.23. The molecule has 19 heavy (non-hydrogen) atoms. The molecule has 1 saturated heterocycles. The van der Waals surface area contributed by atoms with Gasteiger partial charge in [0.15, 0.2) is 0 Å². The Balaban J connectivity index is 1.83. The van der Waals surface area contributed by atoms with Crippen LogP contribution in [-0.2, 0) is 4.79 Å². The van der Waals surface area contributed by atoms with E-state index in [0.717, 1.165) is 32.7 Å². The summed E-state index contributed by atoms with van der Waals surface area (Å²) in [6, 6.07) is 0.499. The van der Waals surface area contributed by atoms with Crippen LogP contribution in [0.25, 0.3) is 0 Å². The van der Waals surface area contributed by atoms with Crippen LogP contribution in [-0.4, -0.2) is 66.6 Å². The molecule has 1 aliphatic heterocycles. The minimum Gasteiger partial charge on any atom is -0.368 e. The quantitative estimate of drug-likeness (QED) is 0.683. The van der Waals surface area contributed by atoms with E-state index in [0.29, 0.717) is 6.04 Å². The molecule has 5 heteroatoms. The van der Waals surface area contributed by atoms with E-state index < -0.39 is 5.54 Å². The van der Waals surface area contributed by atoms with E-state index in [1.807, 2.05) is 6.92 Å². The highest BCUT2D eigenvalue weighted by atomic mass is 16.1. The van der Waals surface area contributed by atoms with Crippen LogP contribution in [0.2, 0.25) is 0 Å². The molecule has 1 heterocycles. The van der Waals surface area contributed by atoms with Gasteiger partial charge in [0.05, 0.1) is 0 Å². The summed E-state index contributed by atoms with van der Waals surface area (Å²) >= 11 is 0. The molecule has 1 aliphatic carbocycles. The molecule has 1 saturated carbocycles. The molecular weight excluding hydrogens is 240 g/mol. The fourth-order valence-electron chi connectivity index (χ4n) is 2.81. The molecule has 5 nitrogen and oxygen atoms in total. The predicted molar refractivity (Wildman–Crippen MR) is 76.9 cm³/mol. The van der Waals surface area contributed by atoms with Crippen molar-refractivity contribution < 1.29 is 4.79 Å². The average Bonchev–Trinajstić information content (AvgIpc) is 3.15. The number of piperazine rings is 1. The van der Waals surface area contributed by atoms with Crippen LogP contribution < -0.4 is 11.1 Å². The average molecular weight is 268 g/mol. The summed E-state index contributed by atoms with van der Waals surface area (Å²) in [6.07, 6.45) is 3.56. The van der Waals surface area contributed by atoms with Crippen molar-refractivity contribution >= 4 is 5.91 Å². The maximum Gasteiger partial charge on any atom is 0.238 e. The molecule has 2 rings (SSSR count). The lowest BCUT2D eigenvalue weighted by atomic mass is 10.00. The summed E-state index contributed by atoms with van der Waals surface area (Å²) in [7, 11) is 0. The first-order chi connectivity index (χ1) is 9.03. The second-order valence-corrected chi connectivity index (χ2v) is 6.23. The SMILES string of the molecule is CCCN1CCN(CC(C)(NC2CC2)C(N)=O)CC1. The van der Waals surface area contributed by atoms with Gasteiger partial charge in [0.25, 0.3) is 0 Å². The monoisotopic (exact) mass is 268 g/mol. The summed E-state index contributed by atoms with van der Waals surface area (Å²) in [6.45, 7) is 10.4. The molecule has 0 bridgehead atoms. The summed E-state index contributed by atoms with van der Waals surface area (Å²) < 4.78 is 0. The smallest absolute Gasteiger partial charge is 0.238 e. The molecule has 0 aromatic rings. The number of rotatable bonds is 7. The third-order valence-electron chi connectivity index (χ3n) is 4.19. The minimum atomic E-state index is -0.575. The lowest BCUT2D eigenvalue weighted by molar-refractivity contribution is -0.124. The number of hydrogen-bond donors (Lipinski definition) is 2. The number of carbonyl (C=O) groups excluding carboxylic acids is 1. The van der Waals surface area contributed by atoms with Crippen LogP contribution in [0.15, 0.2) is 0 Å². The van der Waals surface area contributed by atoms with Crippen LogP contribution >= 0.6 is 0 Å². The van der Waals surface area contributed by atoms with Gasteiger partial charge in [-0.15, -0.1) is 0 Å². The van der Waals surface area contributed by atoms with E-state index in [9.17, 15) is 4.79 Å². The molecule has 110 valence electrons. The van der Waals surface area contributed by atoms with Crippen molar-refractivity contribution in [2.45, 2.75) is 44.7 Å². The molecule has 1 atom stereocenters. The third-order valence-corrected chi connectivity index (χ3v) is 4.19. The van der Waals surface area contributed by atoms with Gasteiger partial charge in [-0.3, -0.25) is 15.0 Å². The molecule has 0 aromatic carbocycles. The zero-order valence-corrected chi connectivity index (χ0v) is 12.3. The molecule has 0 spiro atoms. The molecule has 2 aliphatic rings. The first kappa shape index (κ1) is 14.8. The number of nitrogens with zero attached hydrogens (tertiary/aromatic N) is 2. The number of nitrogens with two attached hydrogens (primary N) is 1. The normalized spacial score (nSPS) is 25.2. The molecule has 0 aromatic heterocycles. The van der Waals surface area contributed by atoms with Crippen molar-refractivity contribution in [3.63, 3.8) is 0 Å². The highest BCUT2D eigenvalue weighted by Gasteiger charge is 2.38. The van der Waals surface area contributed by atoms with Gasteiger partial charge in [-0.2, -0.15) is 0 Å². The van der Waals surface area contributed by atoms with Gasteiger partial charge < -0.3 is 10.6 Å². The molecule has 0 radical (unpaired) electrons. The van der Waals surface area contributed by atoms with Gasteiger partial charge in [-0.25, -0.2) is 0 Å². The summed E-state index contributed by atoms with van der Waals surface area (Å²) in [5, 5.41) is 3.42. The maximum atomic E-state index is 11.7. The van der Waals surface area contributed by atoms with Crippen LogP contribution in [0.1, 0.15) is 33.1 Å². The van der Waals surface area contributed by atoms with Crippen LogP contribution in [0.3, 0.4) is 0 Å². The highest BCUT2D eigenvalue weighted by molar-refractivity contribution is 5.84. The predicted octanol–water partition coefficient (Wildman–Crippen LogP) is 0.0100. The summed E-state index contributed by atoms with van der Waals surface area (Å²) in [5.74, 6) is -0.226. The lowest BCUT2D eigenvalue weighted by Crippen LogP contribution is -2.62. The van der Waals surface area contributed by atoms with Crippen molar-refractivity contribution in [1.82, 2.24) is 15.1 Å². The number of nitrogens with one attached hydrogen (secondary N) is 1. The van der Waals surface area contributed by atoms with Crippen LogP contribution in [0, 0.1) is 0 Å². The molecule has 3 N–H and O–H groups in total. The Bertz CT molecular complexity index is 311.